The van der Waals surface area contributed by atoms with Crippen molar-refractivity contribution in [2.45, 2.75) is 30.2 Å². The highest BCUT2D eigenvalue weighted by Gasteiger charge is 2.19. The smallest absolute Gasteiger partial charge is 0.304 e. The van der Waals surface area contributed by atoms with Crippen LogP contribution in [0, 0.1) is 0 Å². The molecule has 0 amide bonds. The minimum Gasteiger partial charge on any atom is -0.481 e. The van der Waals surface area contributed by atoms with Gasteiger partial charge in [-0.1, -0.05) is 36.4 Å². The molecule has 0 fully saturated rings. The Morgan fingerprint density at radius 3 is 2.57 bits per heavy atom. The Morgan fingerprint density at radius 1 is 1.07 bits per heavy atom. The second-order valence-corrected chi connectivity index (χ2v) is 8.98. The standard InChI is InChI=1S/C22H25N3O4S/c1-16(13-24-15-20(12-22(26)27)17-5-3-2-4-6-17)25-30(28,29)21-8-7-19-14-23-10-9-18(19)11-21/h2-11,14,16,20,24-25H,12-13,15H2,1H3,(H,26,27)/t16-,20?/m1/s1. The van der Waals surface area contributed by atoms with E-state index in [2.05, 4.69) is 15.0 Å². The van der Waals surface area contributed by atoms with E-state index in [1.165, 1.54) is 0 Å². The molecule has 3 N–H and O–H groups in total. The van der Waals surface area contributed by atoms with Gasteiger partial charge in [0.1, 0.15) is 0 Å². The van der Waals surface area contributed by atoms with E-state index in [0.717, 1.165) is 16.3 Å². The van der Waals surface area contributed by atoms with Gasteiger partial charge in [0.15, 0.2) is 0 Å². The minimum absolute atomic E-state index is 0.00304. The fraction of sp³-hybridized carbons (Fsp3) is 0.273. The van der Waals surface area contributed by atoms with Crippen LogP contribution in [0.4, 0.5) is 0 Å². The summed E-state index contributed by atoms with van der Waals surface area (Å²) in [5.41, 5.74) is 0.936. The molecule has 7 nitrogen and oxygen atoms in total. The third kappa shape index (κ3) is 5.85. The van der Waals surface area contributed by atoms with Gasteiger partial charge in [-0.2, -0.15) is 0 Å². The van der Waals surface area contributed by atoms with E-state index in [-0.39, 0.29) is 23.3 Å². The number of pyridine rings is 1. The number of aromatic nitrogens is 1. The van der Waals surface area contributed by atoms with Gasteiger partial charge in [0.2, 0.25) is 10.0 Å². The first kappa shape index (κ1) is 21.9. The maximum absolute atomic E-state index is 12.7. The van der Waals surface area contributed by atoms with Crippen molar-refractivity contribution in [3.8, 4) is 0 Å². The highest BCUT2D eigenvalue weighted by Crippen LogP contribution is 2.19. The Labute approximate surface area is 176 Å². The van der Waals surface area contributed by atoms with Crippen molar-refractivity contribution in [1.29, 1.82) is 0 Å². The first-order valence-corrected chi connectivity index (χ1v) is 11.2. The molecule has 1 aromatic heterocycles. The van der Waals surface area contributed by atoms with Gasteiger partial charge in [0.05, 0.1) is 11.3 Å². The lowest BCUT2D eigenvalue weighted by Gasteiger charge is -2.19. The van der Waals surface area contributed by atoms with Crippen molar-refractivity contribution in [3.63, 3.8) is 0 Å². The molecule has 2 aromatic carbocycles. The van der Waals surface area contributed by atoms with E-state index in [4.69, 9.17) is 0 Å². The monoisotopic (exact) mass is 427 g/mol. The average Bonchev–Trinajstić information content (AvgIpc) is 2.72. The van der Waals surface area contributed by atoms with Crippen LogP contribution in [0.2, 0.25) is 0 Å². The Kier molecular flexibility index (Phi) is 7.15. The van der Waals surface area contributed by atoms with Crippen molar-refractivity contribution in [2.75, 3.05) is 13.1 Å². The number of hydrogen-bond acceptors (Lipinski definition) is 5. The number of fused-ring (bicyclic) bond motifs is 1. The molecule has 3 rings (SSSR count). The molecule has 3 aromatic rings. The average molecular weight is 428 g/mol. The normalized spacial score (nSPS) is 13.8. The summed E-state index contributed by atoms with van der Waals surface area (Å²) in [4.78, 5) is 15.4. The number of carbonyl (C=O) groups is 1. The zero-order valence-corrected chi connectivity index (χ0v) is 17.5. The van der Waals surface area contributed by atoms with E-state index < -0.39 is 16.0 Å². The minimum atomic E-state index is -3.68. The Morgan fingerprint density at radius 2 is 1.83 bits per heavy atom. The molecule has 0 saturated carbocycles. The molecule has 0 radical (unpaired) electrons. The van der Waals surface area contributed by atoms with Gasteiger partial charge >= 0.3 is 5.97 Å². The van der Waals surface area contributed by atoms with E-state index in [1.807, 2.05) is 30.3 Å². The van der Waals surface area contributed by atoms with Crippen molar-refractivity contribution < 1.29 is 18.3 Å². The van der Waals surface area contributed by atoms with Gasteiger partial charge in [0.25, 0.3) is 0 Å². The molecule has 30 heavy (non-hydrogen) atoms. The van der Waals surface area contributed by atoms with Crippen LogP contribution in [-0.4, -0.2) is 43.6 Å². The maximum Gasteiger partial charge on any atom is 0.304 e. The molecule has 0 aliphatic carbocycles. The molecule has 1 unspecified atom stereocenters. The predicted molar refractivity (Wildman–Crippen MR) is 116 cm³/mol. The van der Waals surface area contributed by atoms with Gasteiger partial charge in [-0.05, 0) is 36.1 Å². The van der Waals surface area contributed by atoms with Crippen LogP contribution in [0.3, 0.4) is 0 Å². The fourth-order valence-electron chi connectivity index (χ4n) is 3.32. The highest BCUT2D eigenvalue weighted by atomic mass is 32.2. The molecular formula is C22H25N3O4S. The van der Waals surface area contributed by atoms with Crippen molar-refractivity contribution in [2.24, 2.45) is 0 Å². The van der Waals surface area contributed by atoms with E-state index in [1.54, 1.807) is 43.6 Å². The summed E-state index contributed by atoms with van der Waals surface area (Å²) in [7, 11) is -3.68. The van der Waals surface area contributed by atoms with Gasteiger partial charge in [-0.25, -0.2) is 13.1 Å². The van der Waals surface area contributed by atoms with Gasteiger partial charge < -0.3 is 10.4 Å². The molecule has 0 spiro atoms. The molecule has 158 valence electrons. The first-order valence-electron chi connectivity index (χ1n) is 9.69. The third-order valence-electron chi connectivity index (χ3n) is 4.81. The lowest BCUT2D eigenvalue weighted by atomic mass is 9.95. The topological polar surface area (TPSA) is 108 Å². The molecule has 0 aliphatic heterocycles. The largest absolute Gasteiger partial charge is 0.481 e. The number of carboxylic acid groups (broad SMARTS) is 1. The van der Waals surface area contributed by atoms with Crippen LogP contribution < -0.4 is 10.0 Å². The highest BCUT2D eigenvalue weighted by molar-refractivity contribution is 7.89. The lowest BCUT2D eigenvalue weighted by molar-refractivity contribution is -0.137. The van der Waals surface area contributed by atoms with Gasteiger partial charge in [-0.15, -0.1) is 0 Å². The fourth-order valence-corrected chi connectivity index (χ4v) is 4.60. The quantitative estimate of drug-likeness (QED) is 0.459. The maximum atomic E-state index is 12.7. The molecular weight excluding hydrogens is 402 g/mol. The number of nitrogens with zero attached hydrogens (tertiary/aromatic N) is 1. The predicted octanol–water partition coefficient (Wildman–Crippen LogP) is 2.75. The Balaban J connectivity index is 1.59. The molecule has 8 heteroatoms. The number of carboxylic acids is 1. The number of hydrogen-bond donors (Lipinski definition) is 3. The Bertz CT molecular complexity index is 1100. The van der Waals surface area contributed by atoms with Crippen LogP contribution in [0.5, 0.6) is 0 Å². The summed E-state index contributed by atoms with van der Waals surface area (Å²) >= 11 is 0. The van der Waals surface area contributed by atoms with E-state index >= 15 is 0 Å². The SMILES string of the molecule is C[C@H](CNCC(CC(=O)O)c1ccccc1)NS(=O)(=O)c1ccc2cnccc2c1. The van der Waals surface area contributed by atoms with Crippen molar-refractivity contribution in [1.82, 2.24) is 15.0 Å². The van der Waals surface area contributed by atoms with Crippen molar-refractivity contribution in [3.05, 3.63) is 72.6 Å². The van der Waals surface area contributed by atoms with Crippen molar-refractivity contribution >= 4 is 26.8 Å². The molecule has 0 saturated heterocycles. The molecule has 0 bridgehead atoms. The van der Waals surface area contributed by atoms with Crippen LogP contribution in [0.1, 0.15) is 24.8 Å². The lowest BCUT2D eigenvalue weighted by Crippen LogP contribution is -2.41. The third-order valence-corrected chi connectivity index (χ3v) is 6.40. The summed E-state index contributed by atoms with van der Waals surface area (Å²) in [6, 6.07) is 15.7. The van der Waals surface area contributed by atoms with Crippen LogP contribution in [0.15, 0.2) is 71.9 Å². The number of nitrogens with one attached hydrogen (secondary N) is 2. The summed E-state index contributed by atoms with van der Waals surface area (Å²) in [5.74, 6) is -1.06. The van der Waals surface area contributed by atoms with Crippen LogP contribution >= 0.6 is 0 Å². The van der Waals surface area contributed by atoms with Crippen LogP contribution in [-0.2, 0) is 14.8 Å². The second kappa shape index (κ2) is 9.80. The van der Waals surface area contributed by atoms with E-state index in [0.29, 0.717) is 13.1 Å². The first-order chi connectivity index (χ1) is 14.3. The molecule has 1 heterocycles. The number of aliphatic carboxylic acids is 1. The summed E-state index contributed by atoms with van der Waals surface area (Å²) in [6.07, 6.45) is 3.31. The second-order valence-electron chi connectivity index (χ2n) is 7.27. The van der Waals surface area contributed by atoms with E-state index in [9.17, 15) is 18.3 Å². The van der Waals surface area contributed by atoms with Gasteiger partial charge in [-0.3, -0.25) is 9.78 Å². The number of benzene rings is 2. The zero-order chi connectivity index (χ0) is 21.6. The molecule has 2 atom stereocenters. The number of rotatable bonds is 10. The van der Waals surface area contributed by atoms with Gasteiger partial charge in [0, 0.05) is 42.8 Å². The molecule has 0 aliphatic rings. The van der Waals surface area contributed by atoms with Crippen LogP contribution in [0.25, 0.3) is 10.8 Å². The summed E-state index contributed by atoms with van der Waals surface area (Å²) in [5, 5.41) is 14.1. The summed E-state index contributed by atoms with van der Waals surface area (Å²) < 4.78 is 28.1. The zero-order valence-electron chi connectivity index (χ0n) is 16.7. The summed E-state index contributed by atoms with van der Waals surface area (Å²) in [6.45, 7) is 2.58. The Hall–Kier alpha value is -2.81. The number of sulfonamides is 1.